The van der Waals surface area contributed by atoms with Crippen LogP contribution in [0.5, 0.6) is 0 Å². The molecule has 4 heteroatoms. The molecular formula is C15H25N3O. The lowest BCUT2D eigenvalue weighted by Crippen LogP contribution is -2.53. The number of piperazine rings is 1. The molecule has 0 radical (unpaired) electrons. The van der Waals surface area contributed by atoms with Crippen molar-refractivity contribution in [2.75, 3.05) is 31.1 Å². The summed E-state index contributed by atoms with van der Waals surface area (Å²) in [5, 5.41) is 9.49. The third-order valence-corrected chi connectivity index (χ3v) is 3.81. The molecule has 106 valence electrons. The summed E-state index contributed by atoms with van der Waals surface area (Å²) < 4.78 is 0. The van der Waals surface area contributed by atoms with Gasteiger partial charge in [0.15, 0.2) is 0 Å². The van der Waals surface area contributed by atoms with E-state index < -0.39 is 6.10 Å². The molecule has 0 saturated carbocycles. The second-order valence-corrected chi connectivity index (χ2v) is 6.27. The SMILES string of the molecule is CC(O)c1ccc(N2CCN(C(C)(C)C)CC2)nc1. The second-order valence-electron chi connectivity index (χ2n) is 6.27. The monoisotopic (exact) mass is 263 g/mol. The first kappa shape index (κ1) is 14.3. The maximum atomic E-state index is 9.49. The molecule has 1 aliphatic heterocycles. The summed E-state index contributed by atoms with van der Waals surface area (Å²) in [4.78, 5) is 9.28. The lowest BCUT2D eigenvalue weighted by Gasteiger charge is -2.42. The van der Waals surface area contributed by atoms with Gasteiger partial charge in [0.25, 0.3) is 0 Å². The summed E-state index contributed by atoms with van der Waals surface area (Å²) >= 11 is 0. The van der Waals surface area contributed by atoms with Gasteiger partial charge in [-0.1, -0.05) is 6.07 Å². The number of rotatable bonds is 2. The minimum atomic E-state index is -0.445. The smallest absolute Gasteiger partial charge is 0.128 e. The van der Waals surface area contributed by atoms with E-state index in [0.29, 0.717) is 0 Å². The molecule has 1 atom stereocenters. The highest BCUT2D eigenvalue weighted by Crippen LogP contribution is 2.20. The topological polar surface area (TPSA) is 39.6 Å². The highest BCUT2D eigenvalue weighted by atomic mass is 16.3. The molecular weight excluding hydrogens is 238 g/mol. The van der Waals surface area contributed by atoms with E-state index in [0.717, 1.165) is 37.6 Å². The average Bonchev–Trinajstić information content (AvgIpc) is 2.38. The van der Waals surface area contributed by atoms with Crippen LogP contribution in [0.3, 0.4) is 0 Å². The molecule has 1 aromatic rings. The van der Waals surface area contributed by atoms with Crippen molar-refractivity contribution in [1.29, 1.82) is 0 Å². The number of aliphatic hydroxyl groups is 1. The van der Waals surface area contributed by atoms with E-state index in [9.17, 15) is 5.11 Å². The number of nitrogens with zero attached hydrogens (tertiary/aromatic N) is 3. The molecule has 2 heterocycles. The minimum Gasteiger partial charge on any atom is -0.389 e. The number of aromatic nitrogens is 1. The van der Waals surface area contributed by atoms with Gasteiger partial charge in [0.1, 0.15) is 5.82 Å². The van der Waals surface area contributed by atoms with Crippen LogP contribution in [0.15, 0.2) is 18.3 Å². The first-order valence-electron chi connectivity index (χ1n) is 7.02. The van der Waals surface area contributed by atoms with Gasteiger partial charge in [0, 0.05) is 37.9 Å². The highest BCUT2D eigenvalue weighted by Gasteiger charge is 2.26. The Kier molecular flexibility index (Phi) is 4.11. The third kappa shape index (κ3) is 3.45. The van der Waals surface area contributed by atoms with Crippen LogP contribution in [0.4, 0.5) is 5.82 Å². The summed E-state index contributed by atoms with van der Waals surface area (Å²) in [6.45, 7) is 12.7. The third-order valence-electron chi connectivity index (χ3n) is 3.81. The number of hydrogen-bond donors (Lipinski definition) is 1. The molecule has 0 aromatic carbocycles. The molecule has 1 N–H and O–H groups in total. The van der Waals surface area contributed by atoms with Crippen LogP contribution in [-0.4, -0.2) is 46.7 Å². The molecule has 1 fully saturated rings. The largest absolute Gasteiger partial charge is 0.389 e. The van der Waals surface area contributed by atoms with E-state index >= 15 is 0 Å². The number of anilines is 1. The van der Waals surface area contributed by atoms with E-state index in [-0.39, 0.29) is 5.54 Å². The number of hydrogen-bond acceptors (Lipinski definition) is 4. The van der Waals surface area contributed by atoms with Crippen LogP contribution in [0.25, 0.3) is 0 Å². The molecule has 0 bridgehead atoms. The van der Waals surface area contributed by atoms with Gasteiger partial charge in [-0.3, -0.25) is 4.90 Å². The zero-order valence-corrected chi connectivity index (χ0v) is 12.4. The van der Waals surface area contributed by atoms with Gasteiger partial charge in [0.05, 0.1) is 6.10 Å². The van der Waals surface area contributed by atoms with Crippen LogP contribution >= 0.6 is 0 Å². The molecule has 1 aliphatic rings. The fourth-order valence-electron chi connectivity index (χ4n) is 2.44. The number of aliphatic hydroxyl groups excluding tert-OH is 1. The Morgan fingerprint density at radius 3 is 2.21 bits per heavy atom. The molecule has 2 rings (SSSR count). The molecule has 19 heavy (non-hydrogen) atoms. The van der Waals surface area contributed by atoms with Crippen molar-refractivity contribution in [3.8, 4) is 0 Å². The summed E-state index contributed by atoms with van der Waals surface area (Å²) in [6, 6.07) is 3.97. The average molecular weight is 263 g/mol. The first-order valence-corrected chi connectivity index (χ1v) is 7.02. The van der Waals surface area contributed by atoms with Crippen LogP contribution in [-0.2, 0) is 0 Å². The van der Waals surface area contributed by atoms with Crippen molar-refractivity contribution >= 4 is 5.82 Å². The molecule has 0 aliphatic carbocycles. The Morgan fingerprint density at radius 2 is 1.79 bits per heavy atom. The van der Waals surface area contributed by atoms with E-state index in [1.807, 2.05) is 12.1 Å². The minimum absolute atomic E-state index is 0.246. The fraction of sp³-hybridized carbons (Fsp3) is 0.667. The Bertz CT molecular complexity index is 400. The summed E-state index contributed by atoms with van der Waals surface area (Å²) in [6.07, 6.45) is 1.33. The molecule has 0 spiro atoms. The molecule has 1 aromatic heterocycles. The Balaban J connectivity index is 1.98. The van der Waals surface area contributed by atoms with Crippen molar-refractivity contribution in [2.24, 2.45) is 0 Å². The van der Waals surface area contributed by atoms with Crippen molar-refractivity contribution in [1.82, 2.24) is 9.88 Å². The van der Waals surface area contributed by atoms with Crippen molar-refractivity contribution in [2.45, 2.75) is 39.3 Å². The molecule has 1 unspecified atom stereocenters. The van der Waals surface area contributed by atoms with E-state index in [1.54, 1.807) is 13.1 Å². The van der Waals surface area contributed by atoms with Crippen LogP contribution in [0.2, 0.25) is 0 Å². The maximum Gasteiger partial charge on any atom is 0.128 e. The van der Waals surface area contributed by atoms with Gasteiger partial charge in [-0.15, -0.1) is 0 Å². The van der Waals surface area contributed by atoms with E-state index in [1.165, 1.54) is 0 Å². The quantitative estimate of drug-likeness (QED) is 0.886. The fourth-order valence-corrected chi connectivity index (χ4v) is 2.44. The molecule has 4 nitrogen and oxygen atoms in total. The van der Waals surface area contributed by atoms with Crippen LogP contribution < -0.4 is 4.90 Å². The summed E-state index contributed by atoms with van der Waals surface area (Å²) in [7, 11) is 0. The Hall–Kier alpha value is -1.13. The van der Waals surface area contributed by atoms with Crippen LogP contribution in [0, 0.1) is 0 Å². The zero-order chi connectivity index (χ0) is 14.0. The summed E-state index contributed by atoms with van der Waals surface area (Å²) in [5.41, 5.74) is 1.12. The predicted molar refractivity (Wildman–Crippen MR) is 78.4 cm³/mol. The van der Waals surface area contributed by atoms with E-state index in [4.69, 9.17) is 0 Å². The summed E-state index contributed by atoms with van der Waals surface area (Å²) in [5.74, 6) is 1.01. The second kappa shape index (κ2) is 5.47. The zero-order valence-electron chi connectivity index (χ0n) is 12.4. The van der Waals surface area contributed by atoms with Gasteiger partial charge in [0.2, 0.25) is 0 Å². The van der Waals surface area contributed by atoms with E-state index in [2.05, 4.69) is 35.6 Å². The highest BCUT2D eigenvalue weighted by molar-refractivity contribution is 5.40. The van der Waals surface area contributed by atoms with Gasteiger partial charge in [-0.05, 0) is 39.3 Å². The standard InChI is InChI=1S/C15H25N3O/c1-12(19)13-5-6-14(16-11-13)17-7-9-18(10-8-17)15(2,3)4/h5-6,11-12,19H,7-10H2,1-4H3. The molecule has 1 saturated heterocycles. The maximum absolute atomic E-state index is 9.49. The van der Waals surface area contributed by atoms with Gasteiger partial charge in [-0.25, -0.2) is 4.98 Å². The lowest BCUT2D eigenvalue weighted by molar-refractivity contribution is 0.128. The Morgan fingerprint density at radius 1 is 1.16 bits per heavy atom. The van der Waals surface area contributed by atoms with Crippen molar-refractivity contribution < 1.29 is 5.11 Å². The van der Waals surface area contributed by atoms with Crippen molar-refractivity contribution in [3.05, 3.63) is 23.9 Å². The Labute approximate surface area is 116 Å². The molecule has 0 amide bonds. The first-order chi connectivity index (χ1) is 8.88. The normalized spacial score (nSPS) is 19.5. The van der Waals surface area contributed by atoms with Gasteiger partial charge >= 0.3 is 0 Å². The predicted octanol–water partition coefficient (Wildman–Crippen LogP) is 2.06. The van der Waals surface area contributed by atoms with Crippen molar-refractivity contribution in [3.63, 3.8) is 0 Å². The van der Waals surface area contributed by atoms with Gasteiger partial charge < -0.3 is 10.0 Å². The van der Waals surface area contributed by atoms with Gasteiger partial charge in [-0.2, -0.15) is 0 Å². The lowest BCUT2D eigenvalue weighted by atomic mass is 10.0. The number of pyridine rings is 1. The van der Waals surface area contributed by atoms with Crippen LogP contribution in [0.1, 0.15) is 39.4 Å².